The maximum absolute atomic E-state index is 10.9. The molecular weight excluding hydrogens is 488 g/mol. The summed E-state index contributed by atoms with van der Waals surface area (Å²) in [6.45, 7) is 6.08. The first-order valence-electron chi connectivity index (χ1n) is 12.6. The van der Waals surface area contributed by atoms with Crippen molar-refractivity contribution in [3.63, 3.8) is 0 Å². The van der Waals surface area contributed by atoms with Crippen LogP contribution in [-0.4, -0.2) is 42.8 Å². The monoisotopic (exact) mass is 524 g/mol. The van der Waals surface area contributed by atoms with Gasteiger partial charge in [-0.15, -0.1) is 0 Å². The lowest BCUT2D eigenvalue weighted by Crippen LogP contribution is -2.22. The molecule has 3 N–H and O–H groups in total. The van der Waals surface area contributed by atoms with Crippen molar-refractivity contribution in [1.82, 2.24) is 0 Å². The van der Waals surface area contributed by atoms with Crippen molar-refractivity contribution in [3.05, 3.63) is 71.3 Å². The topological polar surface area (TPSA) is 107 Å². The first-order valence-corrected chi connectivity index (χ1v) is 12.6. The number of benzene rings is 3. The van der Waals surface area contributed by atoms with Crippen molar-refractivity contribution in [1.29, 1.82) is 0 Å². The second-order valence-corrected chi connectivity index (χ2v) is 9.74. The summed E-state index contributed by atoms with van der Waals surface area (Å²) in [5, 5.41) is 30.7. The maximum atomic E-state index is 10.9. The molecular formula is C30H36O8. The molecule has 6 atom stereocenters. The normalized spacial score (nSPS) is 22.5. The minimum atomic E-state index is -0.962. The van der Waals surface area contributed by atoms with E-state index in [2.05, 4.69) is 13.8 Å². The van der Waals surface area contributed by atoms with Gasteiger partial charge in [0.2, 0.25) is 0 Å². The number of methoxy groups -OCH3 is 3. The highest BCUT2D eigenvalue weighted by Gasteiger charge is 2.41. The number of hydrogen-bond acceptors (Lipinski definition) is 8. The third-order valence-electron chi connectivity index (χ3n) is 7.43. The predicted octanol–water partition coefficient (Wildman–Crippen LogP) is 5.71. The summed E-state index contributed by atoms with van der Waals surface area (Å²) in [5.74, 6) is 2.24. The molecule has 38 heavy (non-hydrogen) atoms. The molecule has 1 aliphatic heterocycles. The van der Waals surface area contributed by atoms with Gasteiger partial charge in [-0.3, -0.25) is 0 Å². The number of aromatic hydroxyl groups is 2. The first-order chi connectivity index (χ1) is 18.2. The van der Waals surface area contributed by atoms with Crippen molar-refractivity contribution >= 4 is 0 Å². The van der Waals surface area contributed by atoms with Crippen LogP contribution in [0.4, 0.5) is 0 Å². The van der Waals surface area contributed by atoms with Crippen molar-refractivity contribution in [3.8, 4) is 34.5 Å². The highest BCUT2D eigenvalue weighted by Crippen LogP contribution is 2.50. The third kappa shape index (κ3) is 5.33. The average Bonchev–Trinajstić information content (AvgIpc) is 3.22. The lowest BCUT2D eigenvalue weighted by Gasteiger charge is -2.24. The molecule has 1 saturated heterocycles. The van der Waals surface area contributed by atoms with E-state index in [9.17, 15) is 15.3 Å². The van der Waals surface area contributed by atoms with E-state index in [4.69, 9.17) is 23.7 Å². The Labute approximate surface area is 223 Å². The molecule has 1 aliphatic rings. The van der Waals surface area contributed by atoms with Crippen LogP contribution < -0.4 is 18.9 Å². The molecule has 0 spiro atoms. The standard InChI is InChI=1S/C30H36O8/c1-16-17(2)30(38-29(16)20-8-11-23(32)26(14-20)35-5)21-9-12-24(27(15-21)36-6)37-18(3)28(33)19-7-10-22(31)25(13-19)34-4/h7-18,28-33H,1-6H3/t16-,17-,18+,28+,29+,30-/m1/s1. The molecule has 3 aromatic carbocycles. The number of ether oxygens (including phenoxy) is 5. The molecule has 0 bridgehead atoms. The highest BCUT2D eigenvalue weighted by atomic mass is 16.5. The number of rotatable bonds is 9. The average molecular weight is 525 g/mol. The van der Waals surface area contributed by atoms with Crippen LogP contribution in [0.25, 0.3) is 0 Å². The van der Waals surface area contributed by atoms with Crippen LogP contribution in [0.3, 0.4) is 0 Å². The summed E-state index contributed by atoms with van der Waals surface area (Å²) in [4.78, 5) is 0. The summed E-state index contributed by atoms with van der Waals surface area (Å²) >= 11 is 0. The Kier molecular flexibility index (Phi) is 8.23. The Balaban J connectivity index is 1.52. The number of hydrogen-bond donors (Lipinski definition) is 3. The molecule has 8 heteroatoms. The summed E-state index contributed by atoms with van der Waals surface area (Å²) in [5.41, 5.74) is 2.46. The second kappa shape index (κ2) is 11.4. The van der Waals surface area contributed by atoms with Crippen molar-refractivity contribution < 1.29 is 39.0 Å². The Morgan fingerprint density at radius 3 is 1.76 bits per heavy atom. The fourth-order valence-electron chi connectivity index (χ4n) is 4.97. The fraction of sp³-hybridized carbons (Fsp3) is 0.400. The van der Waals surface area contributed by atoms with Gasteiger partial charge < -0.3 is 39.0 Å². The van der Waals surface area contributed by atoms with Crippen molar-refractivity contribution in [2.75, 3.05) is 21.3 Å². The van der Waals surface area contributed by atoms with Gasteiger partial charge in [0, 0.05) is 0 Å². The molecule has 8 nitrogen and oxygen atoms in total. The lowest BCUT2D eigenvalue weighted by molar-refractivity contribution is 0.0284. The van der Waals surface area contributed by atoms with Gasteiger partial charge in [0.25, 0.3) is 0 Å². The fourth-order valence-corrected chi connectivity index (χ4v) is 4.97. The Hall–Kier alpha value is -3.62. The number of aliphatic hydroxyl groups excluding tert-OH is 1. The summed E-state index contributed by atoms with van der Waals surface area (Å²) in [6.07, 6.45) is -1.91. The number of aliphatic hydroxyl groups is 1. The minimum absolute atomic E-state index is 0.00116. The van der Waals surface area contributed by atoms with Crippen LogP contribution in [-0.2, 0) is 4.74 Å². The zero-order chi connectivity index (χ0) is 27.6. The third-order valence-corrected chi connectivity index (χ3v) is 7.43. The molecule has 0 aliphatic carbocycles. The molecule has 0 saturated carbocycles. The van der Waals surface area contributed by atoms with E-state index >= 15 is 0 Å². The van der Waals surface area contributed by atoms with Gasteiger partial charge in [-0.2, -0.15) is 0 Å². The minimum Gasteiger partial charge on any atom is -0.504 e. The van der Waals surface area contributed by atoms with Crippen molar-refractivity contribution in [2.45, 2.75) is 45.2 Å². The summed E-state index contributed by atoms with van der Waals surface area (Å²) in [6, 6.07) is 15.7. The SMILES string of the molecule is COc1cc([C@@H](O)[C@H](C)Oc2ccc([C@@H]3O[C@H](c4ccc(O)c(OC)c4)[C@H](C)[C@H]3C)cc2OC)ccc1O. The lowest BCUT2D eigenvalue weighted by atomic mass is 9.85. The molecule has 0 aromatic heterocycles. The van der Waals surface area contributed by atoms with E-state index < -0.39 is 12.2 Å². The number of phenolic OH excluding ortho intramolecular Hbond substituents is 2. The summed E-state index contributed by atoms with van der Waals surface area (Å²) in [7, 11) is 4.56. The Bertz CT molecular complexity index is 1260. The van der Waals surface area contributed by atoms with E-state index in [1.807, 2.05) is 30.3 Å². The molecule has 1 heterocycles. The van der Waals surface area contributed by atoms with Crippen LogP contribution in [0, 0.1) is 11.8 Å². The van der Waals surface area contributed by atoms with E-state index in [0.29, 0.717) is 22.8 Å². The van der Waals surface area contributed by atoms with Gasteiger partial charge in [0.15, 0.2) is 34.5 Å². The summed E-state index contributed by atoms with van der Waals surface area (Å²) < 4.78 is 28.7. The Morgan fingerprint density at radius 1 is 0.684 bits per heavy atom. The van der Waals surface area contributed by atoms with Crippen LogP contribution in [0.5, 0.6) is 34.5 Å². The van der Waals surface area contributed by atoms with Gasteiger partial charge in [0.1, 0.15) is 12.2 Å². The van der Waals surface area contributed by atoms with Gasteiger partial charge in [0.05, 0.1) is 33.5 Å². The largest absolute Gasteiger partial charge is 0.504 e. The molecule has 0 radical (unpaired) electrons. The number of phenols is 2. The van der Waals surface area contributed by atoms with Gasteiger partial charge in [-0.25, -0.2) is 0 Å². The first kappa shape index (κ1) is 27.4. The maximum Gasteiger partial charge on any atom is 0.161 e. The van der Waals surface area contributed by atoms with E-state index in [-0.39, 0.29) is 41.3 Å². The van der Waals surface area contributed by atoms with Crippen molar-refractivity contribution in [2.24, 2.45) is 11.8 Å². The molecule has 4 rings (SSSR count). The molecule has 3 aromatic rings. The zero-order valence-electron chi connectivity index (χ0n) is 22.5. The molecule has 0 amide bonds. The van der Waals surface area contributed by atoms with Gasteiger partial charge >= 0.3 is 0 Å². The molecule has 204 valence electrons. The van der Waals surface area contributed by atoms with Gasteiger partial charge in [-0.1, -0.05) is 32.0 Å². The quantitative estimate of drug-likeness (QED) is 0.327. The van der Waals surface area contributed by atoms with E-state index in [1.165, 1.54) is 20.3 Å². The van der Waals surface area contributed by atoms with Crippen LogP contribution in [0.2, 0.25) is 0 Å². The van der Waals surface area contributed by atoms with Crippen LogP contribution in [0.1, 0.15) is 55.8 Å². The Morgan fingerprint density at radius 2 is 1.18 bits per heavy atom. The second-order valence-electron chi connectivity index (χ2n) is 9.74. The molecule has 1 fully saturated rings. The predicted molar refractivity (Wildman–Crippen MR) is 142 cm³/mol. The highest BCUT2D eigenvalue weighted by molar-refractivity contribution is 5.46. The van der Waals surface area contributed by atoms with Crippen LogP contribution >= 0.6 is 0 Å². The van der Waals surface area contributed by atoms with E-state index in [1.54, 1.807) is 32.2 Å². The van der Waals surface area contributed by atoms with Crippen LogP contribution in [0.15, 0.2) is 54.6 Å². The van der Waals surface area contributed by atoms with Gasteiger partial charge in [-0.05, 0) is 71.8 Å². The molecule has 0 unspecified atom stereocenters. The zero-order valence-corrected chi connectivity index (χ0v) is 22.5. The van der Waals surface area contributed by atoms with E-state index in [0.717, 1.165) is 11.1 Å². The smallest absolute Gasteiger partial charge is 0.161 e.